The largest absolute Gasteiger partial charge is 0.328 e. The van der Waals surface area contributed by atoms with Gasteiger partial charge in [0.15, 0.2) is 0 Å². The molecule has 2 unspecified atom stereocenters. The van der Waals surface area contributed by atoms with Gasteiger partial charge in [-0.25, -0.2) is 0 Å². The topological polar surface area (TPSA) is 32.3 Å². The van der Waals surface area contributed by atoms with Crippen LogP contribution in [0.15, 0.2) is 0 Å². The molecule has 100 valence electrons. The normalized spacial score (nSPS) is 22.2. The molecule has 0 aromatic rings. The summed E-state index contributed by atoms with van der Waals surface area (Å²) in [5, 5.41) is 3.32. The van der Waals surface area contributed by atoms with Gasteiger partial charge in [-0.1, -0.05) is 46.5 Å². The van der Waals surface area contributed by atoms with Crippen LogP contribution in [0.1, 0.15) is 59.3 Å². The molecule has 2 atom stereocenters. The molecular weight excluding hydrogens is 212 g/mol. The molecule has 1 amide bonds. The number of carbonyl (C=O) groups excluding carboxylic acids is 1. The van der Waals surface area contributed by atoms with Gasteiger partial charge in [0.1, 0.15) is 0 Å². The second kappa shape index (κ2) is 7.70. The van der Waals surface area contributed by atoms with E-state index >= 15 is 0 Å². The maximum absolute atomic E-state index is 12.1. The first-order valence-electron chi connectivity index (χ1n) is 7.25. The quantitative estimate of drug-likeness (QED) is 0.707. The number of carbonyl (C=O) groups is 1. The molecule has 0 spiro atoms. The highest BCUT2D eigenvalue weighted by Gasteiger charge is 2.30. The molecule has 17 heavy (non-hydrogen) atoms. The van der Waals surface area contributed by atoms with Gasteiger partial charge in [0, 0.05) is 6.54 Å². The molecule has 1 saturated heterocycles. The molecule has 1 aliphatic rings. The molecule has 3 nitrogen and oxygen atoms in total. The molecule has 1 rings (SSSR count). The van der Waals surface area contributed by atoms with Crippen molar-refractivity contribution in [3.8, 4) is 0 Å². The fraction of sp³-hybridized carbons (Fsp3) is 0.929. The lowest BCUT2D eigenvalue weighted by molar-refractivity contribution is -0.129. The van der Waals surface area contributed by atoms with Gasteiger partial charge in [-0.3, -0.25) is 10.1 Å². The highest BCUT2D eigenvalue weighted by atomic mass is 16.2. The SMILES string of the molecule is CCCCC(CC)CN1CNC(CCC)C1=O. The first-order valence-corrected chi connectivity index (χ1v) is 7.25. The van der Waals surface area contributed by atoms with Gasteiger partial charge in [-0.2, -0.15) is 0 Å². The van der Waals surface area contributed by atoms with Gasteiger partial charge >= 0.3 is 0 Å². The van der Waals surface area contributed by atoms with Crippen LogP contribution < -0.4 is 5.32 Å². The highest BCUT2D eigenvalue weighted by Crippen LogP contribution is 2.17. The molecule has 0 saturated carbocycles. The Morgan fingerprint density at radius 2 is 2.12 bits per heavy atom. The summed E-state index contributed by atoms with van der Waals surface area (Å²) in [5.41, 5.74) is 0. The van der Waals surface area contributed by atoms with Crippen LogP contribution in [-0.2, 0) is 4.79 Å². The van der Waals surface area contributed by atoms with Crippen molar-refractivity contribution in [2.24, 2.45) is 5.92 Å². The summed E-state index contributed by atoms with van der Waals surface area (Å²) in [5.74, 6) is 1.00. The second-order valence-electron chi connectivity index (χ2n) is 5.18. The maximum Gasteiger partial charge on any atom is 0.240 e. The van der Waals surface area contributed by atoms with E-state index < -0.39 is 0 Å². The minimum absolute atomic E-state index is 0.0867. The maximum atomic E-state index is 12.1. The molecule has 3 heteroatoms. The van der Waals surface area contributed by atoms with E-state index in [0.717, 1.165) is 26.1 Å². The Morgan fingerprint density at radius 3 is 2.71 bits per heavy atom. The molecule has 1 heterocycles. The van der Waals surface area contributed by atoms with Crippen molar-refractivity contribution in [1.82, 2.24) is 10.2 Å². The summed E-state index contributed by atoms with van der Waals surface area (Å²) in [6, 6.07) is 0.0867. The van der Waals surface area contributed by atoms with Gasteiger partial charge in [-0.15, -0.1) is 0 Å². The van der Waals surface area contributed by atoms with Gasteiger partial charge < -0.3 is 4.90 Å². The molecule has 1 fully saturated rings. The Kier molecular flexibility index (Phi) is 6.56. The summed E-state index contributed by atoms with van der Waals surface area (Å²) in [6.45, 7) is 8.30. The minimum Gasteiger partial charge on any atom is -0.328 e. The smallest absolute Gasteiger partial charge is 0.240 e. The standard InChI is InChI=1S/C14H28N2O/c1-4-7-9-12(6-3)10-16-11-15-13(8-5-2)14(16)17/h12-13,15H,4-11H2,1-3H3. The lowest BCUT2D eigenvalue weighted by Crippen LogP contribution is -2.33. The minimum atomic E-state index is 0.0867. The number of nitrogens with zero attached hydrogens (tertiary/aromatic N) is 1. The molecule has 1 N–H and O–H groups in total. The molecule has 1 aliphatic heterocycles. The van der Waals surface area contributed by atoms with Crippen LogP contribution >= 0.6 is 0 Å². The van der Waals surface area contributed by atoms with Crippen LogP contribution in [0.3, 0.4) is 0 Å². The van der Waals surface area contributed by atoms with E-state index in [2.05, 4.69) is 26.1 Å². The molecule has 0 aliphatic carbocycles. The Labute approximate surface area is 106 Å². The van der Waals surface area contributed by atoms with Crippen LogP contribution in [0.25, 0.3) is 0 Å². The number of rotatable bonds is 8. The van der Waals surface area contributed by atoms with E-state index in [1.54, 1.807) is 0 Å². The third-order valence-corrected chi connectivity index (χ3v) is 3.74. The molecule has 0 aromatic carbocycles. The molecular formula is C14H28N2O. The van der Waals surface area contributed by atoms with E-state index in [0.29, 0.717) is 11.8 Å². The average molecular weight is 240 g/mol. The predicted molar refractivity (Wildman–Crippen MR) is 71.7 cm³/mol. The molecule has 0 radical (unpaired) electrons. The van der Waals surface area contributed by atoms with Gasteiger partial charge in [0.05, 0.1) is 12.7 Å². The van der Waals surface area contributed by atoms with E-state index in [9.17, 15) is 4.79 Å². The van der Waals surface area contributed by atoms with Crippen LogP contribution in [0, 0.1) is 5.92 Å². The average Bonchev–Trinajstić information content (AvgIpc) is 2.67. The van der Waals surface area contributed by atoms with Crippen molar-refractivity contribution in [3.63, 3.8) is 0 Å². The van der Waals surface area contributed by atoms with E-state index in [4.69, 9.17) is 0 Å². The first-order chi connectivity index (χ1) is 8.22. The van der Waals surface area contributed by atoms with E-state index in [-0.39, 0.29) is 6.04 Å². The van der Waals surface area contributed by atoms with Gasteiger partial charge in [-0.05, 0) is 18.8 Å². The number of amides is 1. The Bertz CT molecular complexity index is 230. The Hall–Kier alpha value is -0.570. The fourth-order valence-electron chi connectivity index (χ4n) is 2.50. The van der Waals surface area contributed by atoms with Crippen LogP contribution in [0.2, 0.25) is 0 Å². The summed E-state index contributed by atoms with van der Waals surface area (Å²) < 4.78 is 0. The molecule has 0 aromatic heterocycles. The van der Waals surface area contributed by atoms with Crippen molar-refractivity contribution in [3.05, 3.63) is 0 Å². The van der Waals surface area contributed by atoms with Gasteiger partial charge in [0.2, 0.25) is 5.91 Å². The zero-order chi connectivity index (χ0) is 12.7. The Balaban J connectivity index is 2.38. The predicted octanol–water partition coefficient (Wildman–Crippen LogP) is 2.76. The van der Waals surface area contributed by atoms with Crippen molar-refractivity contribution in [1.29, 1.82) is 0 Å². The summed E-state index contributed by atoms with van der Waals surface area (Å²) in [7, 11) is 0. The first kappa shape index (κ1) is 14.5. The van der Waals surface area contributed by atoms with Crippen molar-refractivity contribution < 1.29 is 4.79 Å². The van der Waals surface area contributed by atoms with E-state index in [1.165, 1.54) is 25.7 Å². The fourth-order valence-corrected chi connectivity index (χ4v) is 2.50. The number of unbranched alkanes of at least 4 members (excludes halogenated alkanes) is 1. The van der Waals surface area contributed by atoms with Crippen LogP contribution in [0.5, 0.6) is 0 Å². The van der Waals surface area contributed by atoms with E-state index in [1.807, 2.05) is 4.90 Å². The van der Waals surface area contributed by atoms with Crippen molar-refractivity contribution >= 4 is 5.91 Å². The van der Waals surface area contributed by atoms with Crippen molar-refractivity contribution in [2.75, 3.05) is 13.2 Å². The lowest BCUT2D eigenvalue weighted by atomic mass is 9.99. The van der Waals surface area contributed by atoms with Crippen LogP contribution in [-0.4, -0.2) is 30.1 Å². The Morgan fingerprint density at radius 1 is 1.35 bits per heavy atom. The van der Waals surface area contributed by atoms with Gasteiger partial charge in [0.25, 0.3) is 0 Å². The van der Waals surface area contributed by atoms with Crippen molar-refractivity contribution in [2.45, 2.75) is 65.3 Å². The zero-order valence-corrected chi connectivity index (χ0v) is 11.7. The second-order valence-corrected chi connectivity index (χ2v) is 5.18. The highest BCUT2D eigenvalue weighted by molar-refractivity contribution is 5.83. The zero-order valence-electron chi connectivity index (χ0n) is 11.7. The van der Waals surface area contributed by atoms with Crippen LogP contribution in [0.4, 0.5) is 0 Å². The third kappa shape index (κ3) is 4.30. The summed E-state index contributed by atoms with van der Waals surface area (Å²) in [4.78, 5) is 14.1. The number of hydrogen-bond donors (Lipinski definition) is 1. The number of nitrogens with one attached hydrogen (secondary N) is 1. The lowest BCUT2D eigenvalue weighted by Gasteiger charge is -2.22. The third-order valence-electron chi connectivity index (χ3n) is 3.74. The monoisotopic (exact) mass is 240 g/mol. The summed E-state index contributed by atoms with van der Waals surface area (Å²) in [6.07, 6.45) is 7.02. The molecule has 0 bridgehead atoms. The number of hydrogen-bond acceptors (Lipinski definition) is 2. The summed E-state index contributed by atoms with van der Waals surface area (Å²) >= 11 is 0.